The van der Waals surface area contributed by atoms with Gasteiger partial charge in [-0.25, -0.2) is 0 Å². The van der Waals surface area contributed by atoms with Crippen molar-refractivity contribution >= 4 is 5.78 Å². The fourth-order valence-corrected chi connectivity index (χ4v) is 8.49. The predicted octanol–water partition coefficient (Wildman–Crippen LogP) is 6.32. The fourth-order valence-electron chi connectivity index (χ4n) is 8.49. The van der Waals surface area contributed by atoms with Crippen molar-refractivity contribution < 1.29 is 9.90 Å². The molecule has 158 valence electrons. The zero-order valence-electron chi connectivity index (χ0n) is 18.7. The van der Waals surface area contributed by atoms with E-state index in [9.17, 15) is 9.90 Å². The second-order valence-corrected chi connectivity index (χ2v) is 11.5. The van der Waals surface area contributed by atoms with E-state index in [1.54, 1.807) is 12.5 Å². The van der Waals surface area contributed by atoms with E-state index in [2.05, 4.69) is 26.8 Å². The molecule has 0 aromatic rings. The molecule has 8 atom stereocenters. The Kier molecular flexibility index (Phi) is 5.57. The van der Waals surface area contributed by atoms with Crippen LogP contribution in [-0.4, -0.2) is 17.0 Å². The van der Waals surface area contributed by atoms with Crippen LogP contribution < -0.4 is 0 Å². The molecule has 3 saturated carbocycles. The Morgan fingerprint density at radius 3 is 2.71 bits per heavy atom. The number of aliphatic hydroxyl groups is 1. The molecule has 0 spiro atoms. The fraction of sp³-hybridized carbons (Fsp3) is 0.885. The minimum Gasteiger partial charge on any atom is -0.393 e. The lowest BCUT2D eigenvalue weighted by molar-refractivity contribution is -0.117. The van der Waals surface area contributed by atoms with Gasteiger partial charge in [-0.1, -0.05) is 38.8 Å². The summed E-state index contributed by atoms with van der Waals surface area (Å²) in [6, 6.07) is 0. The average molecular weight is 387 g/mol. The first-order chi connectivity index (χ1) is 13.3. The van der Waals surface area contributed by atoms with Gasteiger partial charge in [-0.15, -0.1) is 0 Å². The Hall–Kier alpha value is -0.630. The van der Waals surface area contributed by atoms with Crippen molar-refractivity contribution in [1.82, 2.24) is 0 Å². The number of hydrogen-bond acceptors (Lipinski definition) is 2. The summed E-state index contributed by atoms with van der Waals surface area (Å²) < 4.78 is 0. The van der Waals surface area contributed by atoms with Gasteiger partial charge in [0, 0.05) is 6.42 Å². The molecule has 0 radical (unpaired) electrons. The Morgan fingerprint density at radius 1 is 1.18 bits per heavy atom. The van der Waals surface area contributed by atoms with Crippen molar-refractivity contribution in [3.05, 3.63) is 11.6 Å². The van der Waals surface area contributed by atoms with E-state index in [1.165, 1.54) is 44.9 Å². The van der Waals surface area contributed by atoms with E-state index in [4.69, 9.17) is 0 Å². The van der Waals surface area contributed by atoms with E-state index >= 15 is 0 Å². The molecule has 2 heteroatoms. The molecular weight excluding hydrogens is 344 g/mol. The molecule has 4 rings (SSSR count). The minimum atomic E-state index is -0.101. The first-order valence-electron chi connectivity index (χ1n) is 12.1. The first-order valence-corrected chi connectivity index (χ1v) is 12.1. The van der Waals surface area contributed by atoms with Crippen LogP contribution in [0.1, 0.15) is 98.3 Å². The number of carbonyl (C=O) groups excluding carboxylic acids is 1. The van der Waals surface area contributed by atoms with E-state index < -0.39 is 0 Å². The zero-order chi connectivity index (χ0) is 20.1. The summed E-state index contributed by atoms with van der Waals surface area (Å²) in [5.41, 5.74) is 2.45. The lowest BCUT2D eigenvalue weighted by Crippen LogP contribution is -2.50. The average Bonchev–Trinajstić information content (AvgIpc) is 2.99. The van der Waals surface area contributed by atoms with Gasteiger partial charge in [-0.3, -0.25) is 0 Å². The second kappa shape index (κ2) is 7.56. The molecule has 2 unspecified atom stereocenters. The largest absolute Gasteiger partial charge is 0.393 e. The molecule has 3 fully saturated rings. The monoisotopic (exact) mass is 386 g/mol. The highest BCUT2D eigenvalue weighted by Crippen LogP contribution is 2.67. The number of allylic oxidation sites excluding steroid dienone is 1. The van der Waals surface area contributed by atoms with Crippen LogP contribution in [0.4, 0.5) is 0 Å². The third kappa shape index (κ3) is 3.32. The Morgan fingerprint density at radius 2 is 1.96 bits per heavy atom. The van der Waals surface area contributed by atoms with Crippen molar-refractivity contribution in [2.45, 2.75) is 104 Å². The third-order valence-corrected chi connectivity index (χ3v) is 10.0. The standard InChI is InChI=1S/C26H42O2/c1-17(6-5-7-18(2)27)22-10-11-23-21-9-8-19-16-20(28)12-14-25(19,3)24(21)13-15-26(22,23)4/h8,17,20-24,28H,5-7,9-16H2,1-4H3/t17-,20+,21+,22-,23?,24?,25+,26-/m1/s1. The van der Waals surface area contributed by atoms with Crippen LogP contribution in [0.15, 0.2) is 11.6 Å². The summed E-state index contributed by atoms with van der Waals surface area (Å²) in [7, 11) is 0. The quantitative estimate of drug-likeness (QED) is 0.561. The van der Waals surface area contributed by atoms with Crippen molar-refractivity contribution in [2.24, 2.45) is 40.4 Å². The highest BCUT2D eigenvalue weighted by atomic mass is 16.3. The zero-order valence-corrected chi connectivity index (χ0v) is 18.7. The molecule has 2 nitrogen and oxygen atoms in total. The number of rotatable bonds is 5. The van der Waals surface area contributed by atoms with Crippen LogP contribution in [0, 0.1) is 40.4 Å². The maximum atomic E-state index is 11.3. The van der Waals surface area contributed by atoms with Gasteiger partial charge in [0.1, 0.15) is 5.78 Å². The molecule has 0 saturated heterocycles. The van der Waals surface area contributed by atoms with Crippen LogP contribution in [0.25, 0.3) is 0 Å². The van der Waals surface area contributed by atoms with E-state index in [-0.39, 0.29) is 6.10 Å². The van der Waals surface area contributed by atoms with Crippen molar-refractivity contribution in [1.29, 1.82) is 0 Å². The Labute approximate surface area is 172 Å². The van der Waals surface area contributed by atoms with Gasteiger partial charge < -0.3 is 9.90 Å². The van der Waals surface area contributed by atoms with Gasteiger partial charge in [0.25, 0.3) is 0 Å². The molecule has 28 heavy (non-hydrogen) atoms. The van der Waals surface area contributed by atoms with Gasteiger partial charge in [0.2, 0.25) is 0 Å². The summed E-state index contributed by atoms with van der Waals surface area (Å²) in [5.74, 6) is 4.52. The van der Waals surface area contributed by atoms with Gasteiger partial charge in [-0.2, -0.15) is 0 Å². The lowest BCUT2D eigenvalue weighted by Gasteiger charge is -2.58. The molecule has 0 aromatic carbocycles. The summed E-state index contributed by atoms with van der Waals surface area (Å²) in [6.45, 7) is 9.35. The Bertz CT molecular complexity index is 636. The highest BCUT2D eigenvalue weighted by Gasteiger charge is 2.59. The number of hydrogen-bond donors (Lipinski definition) is 1. The second-order valence-electron chi connectivity index (χ2n) is 11.5. The van der Waals surface area contributed by atoms with E-state index in [1.807, 2.05) is 0 Å². The first kappa shape index (κ1) is 20.6. The molecule has 4 aliphatic rings. The lowest BCUT2D eigenvalue weighted by atomic mass is 9.47. The molecule has 0 aromatic heterocycles. The van der Waals surface area contributed by atoms with Crippen LogP contribution in [0.5, 0.6) is 0 Å². The molecule has 0 amide bonds. The summed E-state index contributed by atoms with van der Waals surface area (Å²) >= 11 is 0. The summed E-state index contributed by atoms with van der Waals surface area (Å²) in [5, 5.41) is 10.2. The molecule has 4 aliphatic carbocycles. The van der Waals surface area contributed by atoms with Crippen molar-refractivity contribution in [3.63, 3.8) is 0 Å². The summed E-state index contributed by atoms with van der Waals surface area (Å²) in [6.07, 6.45) is 15.5. The molecular formula is C26H42O2. The number of aliphatic hydroxyl groups excluding tert-OH is 1. The predicted molar refractivity (Wildman–Crippen MR) is 115 cm³/mol. The summed E-state index contributed by atoms with van der Waals surface area (Å²) in [4.78, 5) is 11.3. The van der Waals surface area contributed by atoms with Crippen molar-refractivity contribution in [2.75, 3.05) is 0 Å². The normalized spacial score (nSPS) is 46.2. The number of Topliss-reactive ketones (excluding diaryl/α,β-unsaturated/α-hetero) is 1. The van der Waals surface area contributed by atoms with Gasteiger partial charge in [0.15, 0.2) is 0 Å². The van der Waals surface area contributed by atoms with Gasteiger partial charge >= 0.3 is 0 Å². The number of ketones is 1. The maximum Gasteiger partial charge on any atom is 0.129 e. The topological polar surface area (TPSA) is 37.3 Å². The van der Waals surface area contributed by atoms with E-state index in [0.717, 1.165) is 55.3 Å². The van der Waals surface area contributed by atoms with Crippen LogP contribution in [0.3, 0.4) is 0 Å². The van der Waals surface area contributed by atoms with Gasteiger partial charge in [-0.05, 0) is 105 Å². The highest BCUT2D eigenvalue weighted by molar-refractivity contribution is 5.75. The van der Waals surface area contributed by atoms with Crippen LogP contribution in [0.2, 0.25) is 0 Å². The van der Waals surface area contributed by atoms with Crippen LogP contribution >= 0.6 is 0 Å². The van der Waals surface area contributed by atoms with E-state index in [0.29, 0.717) is 16.6 Å². The van der Waals surface area contributed by atoms with Crippen LogP contribution in [-0.2, 0) is 4.79 Å². The maximum absolute atomic E-state index is 11.3. The molecule has 0 bridgehead atoms. The molecule has 1 N–H and O–H groups in total. The Balaban J connectivity index is 1.50. The van der Waals surface area contributed by atoms with Crippen molar-refractivity contribution in [3.8, 4) is 0 Å². The third-order valence-electron chi connectivity index (χ3n) is 10.0. The number of carbonyl (C=O) groups is 1. The molecule has 0 heterocycles. The molecule has 0 aliphatic heterocycles. The smallest absolute Gasteiger partial charge is 0.129 e. The minimum absolute atomic E-state index is 0.101. The SMILES string of the molecule is CC(=O)CCC[C@@H](C)[C@H]1CCC2[C@@H]3CC=C4C[C@@H](O)CC[C@]4(C)C3CC[C@@]21C. The number of fused-ring (bicyclic) bond motifs is 5. The van der Waals surface area contributed by atoms with Gasteiger partial charge in [0.05, 0.1) is 6.10 Å².